The van der Waals surface area contributed by atoms with Crippen LogP contribution in [0, 0.1) is 0 Å². The number of para-hydroxylation sites is 2. The summed E-state index contributed by atoms with van der Waals surface area (Å²) in [6.45, 7) is 1.47. The number of amides is 2. The molecule has 30 heavy (non-hydrogen) atoms. The topological polar surface area (TPSA) is 91.5 Å². The highest BCUT2D eigenvalue weighted by Crippen LogP contribution is 2.18. The highest BCUT2D eigenvalue weighted by Gasteiger charge is 2.17. The molecule has 7 nitrogen and oxygen atoms in total. The van der Waals surface area contributed by atoms with Gasteiger partial charge in [0.25, 0.3) is 5.91 Å². The van der Waals surface area contributed by atoms with Gasteiger partial charge >= 0.3 is 5.97 Å². The van der Waals surface area contributed by atoms with Crippen molar-refractivity contribution in [1.82, 2.24) is 9.88 Å². The van der Waals surface area contributed by atoms with Crippen LogP contribution in [0.1, 0.15) is 18.1 Å². The van der Waals surface area contributed by atoms with E-state index in [9.17, 15) is 14.4 Å². The Morgan fingerprint density at radius 3 is 2.57 bits per heavy atom. The molecule has 0 saturated heterocycles. The van der Waals surface area contributed by atoms with Crippen LogP contribution in [0.2, 0.25) is 0 Å². The Kier molecular flexibility index (Phi) is 6.85. The first kappa shape index (κ1) is 21.1. The molecule has 0 bridgehead atoms. The minimum absolute atomic E-state index is 0.0648. The molecular formula is C23H25N3O4. The number of fused-ring (bicyclic) bond motifs is 1. The Balaban J connectivity index is 1.47. The molecule has 1 heterocycles. The van der Waals surface area contributed by atoms with Crippen LogP contribution in [0.25, 0.3) is 10.9 Å². The maximum Gasteiger partial charge on any atom is 0.310 e. The molecule has 1 aromatic heterocycles. The van der Waals surface area contributed by atoms with Crippen LogP contribution in [-0.2, 0) is 32.0 Å². The highest BCUT2D eigenvalue weighted by atomic mass is 16.5. The summed E-state index contributed by atoms with van der Waals surface area (Å²) >= 11 is 0. The summed E-state index contributed by atoms with van der Waals surface area (Å²) in [5.74, 6) is -1.25. The molecule has 156 valence electrons. The van der Waals surface area contributed by atoms with Crippen molar-refractivity contribution in [3.05, 3.63) is 65.9 Å². The van der Waals surface area contributed by atoms with E-state index in [0.29, 0.717) is 0 Å². The van der Waals surface area contributed by atoms with Crippen LogP contribution in [-0.4, -0.2) is 47.9 Å². The average Bonchev–Trinajstić information content (AvgIpc) is 3.15. The van der Waals surface area contributed by atoms with Crippen LogP contribution in [0.3, 0.4) is 0 Å². The first-order valence-corrected chi connectivity index (χ1v) is 9.80. The lowest BCUT2D eigenvalue weighted by Crippen LogP contribution is -2.37. The number of aromatic amines is 1. The normalized spacial score (nSPS) is 10.6. The maximum absolute atomic E-state index is 12.3. The summed E-state index contributed by atoms with van der Waals surface area (Å²) in [7, 11) is 1.50. The second-order valence-corrected chi connectivity index (χ2v) is 7.01. The molecule has 3 aromatic rings. The number of carbonyl (C=O) groups is 3. The van der Waals surface area contributed by atoms with Gasteiger partial charge in [0, 0.05) is 29.8 Å². The van der Waals surface area contributed by atoms with Crippen molar-refractivity contribution in [1.29, 1.82) is 0 Å². The van der Waals surface area contributed by atoms with E-state index in [1.54, 1.807) is 6.20 Å². The summed E-state index contributed by atoms with van der Waals surface area (Å²) in [4.78, 5) is 41.0. The highest BCUT2D eigenvalue weighted by molar-refractivity contribution is 5.95. The lowest BCUT2D eigenvalue weighted by molar-refractivity contribution is -0.151. The third-order valence-electron chi connectivity index (χ3n) is 4.85. The maximum atomic E-state index is 12.3. The molecule has 0 atom stereocenters. The minimum atomic E-state index is -0.497. The van der Waals surface area contributed by atoms with Gasteiger partial charge in [0.2, 0.25) is 5.91 Å². The van der Waals surface area contributed by atoms with E-state index in [0.717, 1.165) is 34.1 Å². The number of carbonyl (C=O) groups excluding carboxylic acids is 3. The number of esters is 1. The Morgan fingerprint density at radius 1 is 1.03 bits per heavy atom. The zero-order chi connectivity index (χ0) is 21.5. The van der Waals surface area contributed by atoms with E-state index in [1.165, 1.54) is 11.9 Å². The summed E-state index contributed by atoms with van der Waals surface area (Å²) in [5, 5.41) is 3.76. The van der Waals surface area contributed by atoms with Crippen molar-refractivity contribution in [3.63, 3.8) is 0 Å². The molecule has 2 N–H and O–H groups in total. The number of hydrogen-bond acceptors (Lipinski definition) is 4. The number of rotatable bonds is 8. The van der Waals surface area contributed by atoms with Crippen molar-refractivity contribution in [3.8, 4) is 0 Å². The van der Waals surface area contributed by atoms with Gasteiger partial charge in [-0.2, -0.15) is 0 Å². The van der Waals surface area contributed by atoms with Crippen LogP contribution >= 0.6 is 0 Å². The van der Waals surface area contributed by atoms with E-state index >= 15 is 0 Å². The number of H-pyrrole nitrogens is 1. The van der Waals surface area contributed by atoms with E-state index in [-0.39, 0.29) is 18.9 Å². The summed E-state index contributed by atoms with van der Waals surface area (Å²) in [6.07, 6.45) is 2.62. The van der Waals surface area contributed by atoms with Gasteiger partial charge < -0.3 is 19.9 Å². The molecule has 0 unspecified atom stereocenters. The Morgan fingerprint density at radius 2 is 1.77 bits per heavy atom. The lowest BCUT2D eigenvalue weighted by Gasteiger charge is -2.17. The standard InChI is InChI=1S/C23H25N3O4/c1-3-16-8-4-6-10-19(16)25-21(27)14-26(2)22(28)15-30-23(29)12-17-13-24-20-11-7-5-9-18(17)20/h4-11,13,24H,3,12,14-15H2,1-2H3,(H,25,27). The fraction of sp³-hybridized carbons (Fsp3) is 0.261. The van der Waals surface area contributed by atoms with Crippen LogP contribution in [0.15, 0.2) is 54.7 Å². The fourth-order valence-electron chi connectivity index (χ4n) is 3.18. The summed E-state index contributed by atoms with van der Waals surface area (Å²) in [5.41, 5.74) is 3.50. The van der Waals surface area contributed by atoms with E-state index in [4.69, 9.17) is 4.74 Å². The zero-order valence-electron chi connectivity index (χ0n) is 17.1. The molecule has 0 radical (unpaired) electrons. The van der Waals surface area contributed by atoms with Crippen LogP contribution in [0.5, 0.6) is 0 Å². The smallest absolute Gasteiger partial charge is 0.310 e. The summed E-state index contributed by atoms with van der Waals surface area (Å²) in [6, 6.07) is 15.2. The van der Waals surface area contributed by atoms with Gasteiger partial charge in [-0.1, -0.05) is 43.3 Å². The third kappa shape index (κ3) is 5.26. The molecule has 0 spiro atoms. The Bertz CT molecular complexity index is 1060. The number of aromatic nitrogens is 1. The van der Waals surface area contributed by atoms with Gasteiger partial charge in [-0.05, 0) is 29.7 Å². The van der Waals surface area contributed by atoms with Crippen molar-refractivity contribution in [2.75, 3.05) is 25.5 Å². The van der Waals surface area contributed by atoms with Crippen molar-refractivity contribution >= 4 is 34.4 Å². The quantitative estimate of drug-likeness (QED) is 0.562. The van der Waals surface area contributed by atoms with Gasteiger partial charge in [0.05, 0.1) is 13.0 Å². The molecular weight excluding hydrogens is 382 g/mol. The second kappa shape index (κ2) is 9.73. The number of ether oxygens (including phenoxy) is 1. The molecule has 7 heteroatoms. The number of aryl methyl sites for hydroxylation is 1. The first-order valence-electron chi connectivity index (χ1n) is 9.80. The Labute approximate surface area is 175 Å². The first-order chi connectivity index (χ1) is 14.5. The zero-order valence-corrected chi connectivity index (χ0v) is 17.1. The van der Waals surface area contributed by atoms with Crippen molar-refractivity contribution in [2.24, 2.45) is 0 Å². The van der Waals surface area contributed by atoms with E-state index < -0.39 is 18.5 Å². The van der Waals surface area contributed by atoms with Gasteiger partial charge in [0.15, 0.2) is 6.61 Å². The lowest BCUT2D eigenvalue weighted by atomic mass is 10.1. The van der Waals surface area contributed by atoms with E-state index in [2.05, 4.69) is 10.3 Å². The number of likely N-dealkylation sites (N-methyl/N-ethyl adjacent to an activating group) is 1. The molecule has 0 aliphatic carbocycles. The molecule has 0 saturated carbocycles. The number of anilines is 1. The van der Waals surface area contributed by atoms with Crippen LogP contribution in [0.4, 0.5) is 5.69 Å². The second-order valence-electron chi connectivity index (χ2n) is 7.01. The number of benzene rings is 2. The fourth-order valence-corrected chi connectivity index (χ4v) is 3.18. The van der Waals surface area contributed by atoms with Gasteiger partial charge in [-0.15, -0.1) is 0 Å². The SMILES string of the molecule is CCc1ccccc1NC(=O)CN(C)C(=O)COC(=O)Cc1c[nH]c2ccccc12. The largest absolute Gasteiger partial charge is 0.455 e. The molecule has 0 aliphatic heterocycles. The monoisotopic (exact) mass is 407 g/mol. The van der Waals surface area contributed by atoms with Crippen molar-refractivity contribution in [2.45, 2.75) is 19.8 Å². The summed E-state index contributed by atoms with van der Waals surface area (Å²) < 4.78 is 5.11. The van der Waals surface area contributed by atoms with E-state index in [1.807, 2.05) is 55.5 Å². The van der Waals surface area contributed by atoms with Gasteiger partial charge in [-0.25, -0.2) is 0 Å². The third-order valence-corrected chi connectivity index (χ3v) is 4.85. The van der Waals surface area contributed by atoms with Crippen molar-refractivity contribution < 1.29 is 19.1 Å². The number of nitrogens with one attached hydrogen (secondary N) is 2. The molecule has 2 aromatic carbocycles. The van der Waals surface area contributed by atoms with Gasteiger partial charge in [0.1, 0.15) is 0 Å². The average molecular weight is 407 g/mol. The molecule has 3 rings (SSSR count). The molecule has 2 amide bonds. The predicted octanol–water partition coefficient (Wildman–Crippen LogP) is 2.91. The minimum Gasteiger partial charge on any atom is -0.455 e. The van der Waals surface area contributed by atoms with Gasteiger partial charge in [-0.3, -0.25) is 14.4 Å². The predicted molar refractivity (Wildman–Crippen MR) is 115 cm³/mol. The number of hydrogen-bond donors (Lipinski definition) is 2. The number of nitrogens with zero attached hydrogens (tertiary/aromatic N) is 1. The van der Waals surface area contributed by atoms with Crippen LogP contribution < -0.4 is 5.32 Å². The molecule has 0 fully saturated rings. The molecule has 0 aliphatic rings. The Hall–Kier alpha value is -3.61.